The Hall–Kier alpha value is -0.770. The summed E-state index contributed by atoms with van der Waals surface area (Å²) in [5.74, 6) is 0.670. The van der Waals surface area contributed by atoms with Gasteiger partial charge in [0.25, 0.3) is 0 Å². The monoisotopic (exact) mass is 282 g/mol. The van der Waals surface area contributed by atoms with E-state index in [0.717, 1.165) is 50.1 Å². The third-order valence-electron chi connectivity index (χ3n) is 3.25. The summed E-state index contributed by atoms with van der Waals surface area (Å²) in [4.78, 5) is 2.29. The molecule has 0 unspecified atom stereocenters. The van der Waals surface area contributed by atoms with Gasteiger partial charge in [-0.3, -0.25) is 0 Å². The molecule has 0 amide bonds. The van der Waals surface area contributed by atoms with Gasteiger partial charge in [-0.2, -0.15) is 0 Å². The Labute approximate surface area is 120 Å². The first-order valence-corrected chi connectivity index (χ1v) is 7.36. The molecular weight excluding hydrogens is 260 g/mol. The van der Waals surface area contributed by atoms with Crippen LogP contribution in [0.2, 0.25) is 5.02 Å². The minimum Gasteiger partial charge on any atom is -0.378 e. The Morgan fingerprint density at radius 2 is 2.05 bits per heavy atom. The molecule has 1 N–H and O–H groups in total. The SMILES string of the molecule is CC(C)CNCc1ccc(N2CCOCC2)c(Cl)c1. The molecular formula is C15H23ClN2O. The molecule has 0 atom stereocenters. The van der Waals surface area contributed by atoms with Crippen molar-refractivity contribution in [2.24, 2.45) is 5.92 Å². The number of nitrogens with zero attached hydrogens (tertiary/aromatic N) is 1. The van der Waals surface area contributed by atoms with E-state index in [2.05, 4.69) is 42.3 Å². The van der Waals surface area contributed by atoms with Gasteiger partial charge in [0.1, 0.15) is 0 Å². The summed E-state index contributed by atoms with van der Waals surface area (Å²) >= 11 is 6.39. The molecule has 1 aliphatic rings. The van der Waals surface area contributed by atoms with Gasteiger partial charge < -0.3 is 15.0 Å². The van der Waals surface area contributed by atoms with Crippen molar-refractivity contribution >= 4 is 17.3 Å². The molecule has 3 nitrogen and oxygen atoms in total. The van der Waals surface area contributed by atoms with Crippen LogP contribution in [-0.2, 0) is 11.3 Å². The van der Waals surface area contributed by atoms with Crippen molar-refractivity contribution in [1.29, 1.82) is 0 Å². The van der Waals surface area contributed by atoms with Crippen LogP contribution in [0, 0.1) is 5.92 Å². The highest BCUT2D eigenvalue weighted by Crippen LogP contribution is 2.27. The fourth-order valence-corrected chi connectivity index (χ4v) is 2.55. The summed E-state index contributed by atoms with van der Waals surface area (Å²) in [6.07, 6.45) is 0. The average molecular weight is 283 g/mol. The number of nitrogens with one attached hydrogen (secondary N) is 1. The van der Waals surface area contributed by atoms with Crippen molar-refractivity contribution in [3.8, 4) is 0 Å². The van der Waals surface area contributed by atoms with Crippen LogP contribution in [0.4, 0.5) is 5.69 Å². The predicted octanol–water partition coefficient (Wildman–Crippen LogP) is 2.92. The zero-order valence-corrected chi connectivity index (χ0v) is 12.5. The largest absolute Gasteiger partial charge is 0.378 e. The molecule has 1 aromatic rings. The van der Waals surface area contributed by atoms with Crippen LogP contribution in [0.1, 0.15) is 19.4 Å². The van der Waals surface area contributed by atoms with Gasteiger partial charge >= 0.3 is 0 Å². The molecule has 19 heavy (non-hydrogen) atoms. The highest BCUT2D eigenvalue weighted by Gasteiger charge is 2.14. The summed E-state index contributed by atoms with van der Waals surface area (Å²) in [5, 5.41) is 4.27. The number of ether oxygens (including phenoxy) is 1. The molecule has 0 aromatic heterocycles. The van der Waals surface area contributed by atoms with E-state index in [-0.39, 0.29) is 0 Å². The van der Waals surface area contributed by atoms with Crippen LogP contribution >= 0.6 is 11.6 Å². The molecule has 1 aliphatic heterocycles. The van der Waals surface area contributed by atoms with Gasteiger partial charge in [0, 0.05) is 19.6 Å². The van der Waals surface area contributed by atoms with E-state index in [1.807, 2.05) is 0 Å². The first kappa shape index (κ1) is 14.6. The van der Waals surface area contributed by atoms with Crippen LogP contribution in [0.3, 0.4) is 0 Å². The molecule has 0 bridgehead atoms. The molecule has 2 rings (SSSR count). The molecule has 0 radical (unpaired) electrons. The maximum absolute atomic E-state index is 6.39. The number of rotatable bonds is 5. The lowest BCUT2D eigenvalue weighted by atomic mass is 10.1. The van der Waals surface area contributed by atoms with Gasteiger partial charge in [-0.05, 0) is 30.2 Å². The fraction of sp³-hybridized carbons (Fsp3) is 0.600. The van der Waals surface area contributed by atoms with Crippen molar-refractivity contribution < 1.29 is 4.74 Å². The standard InChI is InChI=1S/C15H23ClN2O/c1-12(2)10-17-11-13-3-4-15(14(16)9-13)18-5-7-19-8-6-18/h3-4,9,12,17H,5-8,10-11H2,1-2H3. The zero-order valence-electron chi connectivity index (χ0n) is 11.8. The third-order valence-corrected chi connectivity index (χ3v) is 3.55. The second-order valence-electron chi connectivity index (χ2n) is 5.41. The maximum atomic E-state index is 6.39. The van der Waals surface area contributed by atoms with Crippen LogP contribution < -0.4 is 10.2 Å². The molecule has 106 valence electrons. The number of hydrogen-bond acceptors (Lipinski definition) is 3. The molecule has 4 heteroatoms. The van der Waals surface area contributed by atoms with E-state index in [4.69, 9.17) is 16.3 Å². The van der Waals surface area contributed by atoms with E-state index in [1.165, 1.54) is 5.56 Å². The number of halogens is 1. The Bertz CT molecular complexity index is 403. The first-order chi connectivity index (χ1) is 9.16. The van der Waals surface area contributed by atoms with Crippen LogP contribution in [0.15, 0.2) is 18.2 Å². The lowest BCUT2D eigenvalue weighted by Gasteiger charge is -2.29. The van der Waals surface area contributed by atoms with Gasteiger partial charge in [0.05, 0.1) is 23.9 Å². The highest BCUT2D eigenvalue weighted by molar-refractivity contribution is 6.33. The highest BCUT2D eigenvalue weighted by atomic mass is 35.5. The van der Waals surface area contributed by atoms with Crippen LogP contribution in [0.5, 0.6) is 0 Å². The van der Waals surface area contributed by atoms with Gasteiger partial charge in [0.2, 0.25) is 0 Å². The summed E-state index contributed by atoms with van der Waals surface area (Å²) in [6.45, 7) is 9.74. The zero-order chi connectivity index (χ0) is 13.7. The predicted molar refractivity (Wildman–Crippen MR) is 81.0 cm³/mol. The second-order valence-corrected chi connectivity index (χ2v) is 5.82. The third kappa shape index (κ3) is 4.37. The molecule has 1 fully saturated rings. The lowest BCUT2D eigenvalue weighted by molar-refractivity contribution is 0.122. The second kappa shape index (κ2) is 7.13. The number of hydrogen-bond donors (Lipinski definition) is 1. The van der Waals surface area contributed by atoms with Crippen LogP contribution in [-0.4, -0.2) is 32.8 Å². The quantitative estimate of drug-likeness (QED) is 0.899. The minimum absolute atomic E-state index is 0.670. The number of morpholine rings is 1. The van der Waals surface area contributed by atoms with E-state index >= 15 is 0 Å². The summed E-state index contributed by atoms with van der Waals surface area (Å²) in [6, 6.07) is 6.35. The van der Waals surface area contributed by atoms with Crippen molar-refractivity contribution in [3.63, 3.8) is 0 Å². The number of anilines is 1. The van der Waals surface area contributed by atoms with Crippen molar-refractivity contribution in [2.45, 2.75) is 20.4 Å². The molecule has 0 aliphatic carbocycles. The Kier molecular flexibility index (Phi) is 5.49. The molecule has 0 saturated carbocycles. The van der Waals surface area contributed by atoms with Gasteiger partial charge in [-0.1, -0.05) is 31.5 Å². The van der Waals surface area contributed by atoms with Gasteiger partial charge in [0.15, 0.2) is 0 Å². The molecule has 1 aromatic carbocycles. The van der Waals surface area contributed by atoms with E-state index in [9.17, 15) is 0 Å². The minimum atomic E-state index is 0.670. The van der Waals surface area contributed by atoms with Gasteiger partial charge in [-0.25, -0.2) is 0 Å². The lowest BCUT2D eigenvalue weighted by Crippen LogP contribution is -2.36. The summed E-state index contributed by atoms with van der Waals surface area (Å²) < 4.78 is 5.37. The molecule has 1 saturated heterocycles. The van der Waals surface area contributed by atoms with Crippen molar-refractivity contribution in [1.82, 2.24) is 5.32 Å². The van der Waals surface area contributed by atoms with Gasteiger partial charge in [-0.15, -0.1) is 0 Å². The molecule has 0 spiro atoms. The first-order valence-electron chi connectivity index (χ1n) is 6.98. The number of benzene rings is 1. The van der Waals surface area contributed by atoms with Crippen molar-refractivity contribution in [3.05, 3.63) is 28.8 Å². The maximum Gasteiger partial charge on any atom is 0.0642 e. The van der Waals surface area contributed by atoms with E-state index in [1.54, 1.807) is 0 Å². The van der Waals surface area contributed by atoms with E-state index < -0.39 is 0 Å². The summed E-state index contributed by atoms with van der Waals surface area (Å²) in [5.41, 5.74) is 2.36. The summed E-state index contributed by atoms with van der Waals surface area (Å²) in [7, 11) is 0. The Morgan fingerprint density at radius 3 is 2.68 bits per heavy atom. The molecule has 1 heterocycles. The normalized spacial score (nSPS) is 16.1. The average Bonchev–Trinajstić information content (AvgIpc) is 2.39. The fourth-order valence-electron chi connectivity index (χ4n) is 2.23. The Balaban J connectivity index is 1.96. The van der Waals surface area contributed by atoms with E-state index in [0.29, 0.717) is 5.92 Å². The smallest absolute Gasteiger partial charge is 0.0642 e. The topological polar surface area (TPSA) is 24.5 Å². The van der Waals surface area contributed by atoms with Crippen molar-refractivity contribution in [2.75, 3.05) is 37.7 Å². The Morgan fingerprint density at radius 1 is 1.32 bits per heavy atom. The van der Waals surface area contributed by atoms with Crippen LogP contribution in [0.25, 0.3) is 0 Å².